The summed E-state index contributed by atoms with van der Waals surface area (Å²) in [5.74, 6) is -15.3. The number of carbonyl (C=O) groups excluding carboxylic acids is 11. The Balaban J connectivity index is 1.59. The average molecular weight is 1180 g/mol. The van der Waals surface area contributed by atoms with Gasteiger partial charge in [-0.05, 0) is 61.4 Å². The number of imide groups is 1. The lowest BCUT2D eigenvalue weighted by atomic mass is 9.82. The highest BCUT2D eigenvalue weighted by atomic mass is 19.1. The topological polar surface area (TPSA) is 389 Å². The molecule has 6 atom stereocenters. The van der Waals surface area contributed by atoms with Crippen LogP contribution < -0.4 is 32.3 Å². The molecule has 1 aromatic heterocycles. The van der Waals surface area contributed by atoms with Gasteiger partial charge in [0.25, 0.3) is 11.8 Å². The maximum Gasteiger partial charge on any atom is 0.333 e. The molecule has 1 aliphatic heterocycles. The highest BCUT2D eigenvalue weighted by Gasteiger charge is 2.39. The lowest BCUT2D eigenvalue weighted by molar-refractivity contribution is -0.197. The van der Waals surface area contributed by atoms with Gasteiger partial charge in [-0.25, -0.2) is 18.4 Å². The van der Waals surface area contributed by atoms with Crippen LogP contribution in [-0.4, -0.2) is 151 Å². The van der Waals surface area contributed by atoms with E-state index in [1.807, 2.05) is 12.1 Å². The van der Waals surface area contributed by atoms with E-state index in [4.69, 9.17) is 15.7 Å². The van der Waals surface area contributed by atoms with Gasteiger partial charge in [0.15, 0.2) is 5.78 Å². The van der Waals surface area contributed by atoms with Crippen molar-refractivity contribution in [2.75, 3.05) is 19.7 Å². The van der Waals surface area contributed by atoms with Crippen LogP contribution in [-0.2, 0) is 73.7 Å². The fourth-order valence-electron chi connectivity index (χ4n) is 9.01. The number of carbonyl (C=O) groups is 13. The van der Waals surface area contributed by atoms with Crippen LogP contribution in [0.4, 0.5) is 8.78 Å². The molecule has 0 aliphatic carbocycles. The summed E-state index contributed by atoms with van der Waals surface area (Å²) in [4.78, 5) is 172. The van der Waals surface area contributed by atoms with Crippen LogP contribution in [0, 0.1) is 23.0 Å². The van der Waals surface area contributed by atoms with Crippen LogP contribution >= 0.6 is 0 Å². The minimum Gasteiger partial charge on any atom is -0.481 e. The van der Waals surface area contributed by atoms with Gasteiger partial charge in [-0.2, -0.15) is 0 Å². The number of halogens is 2. The van der Waals surface area contributed by atoms with Crippen LogP contribution in [0.5, 0.6) is 0 Å². The quantitative estimate of drug-likeness (QED) is 0.0390. The van der Waals surface area contributed by atoms with E-state index < -0.39 is 188 Å². The number of hydrogen-bond donors (Lipinski definition) is 9. The number of aliphatic hydroxyl groups excluding tert-OH is 1. The molecule has 3 aromatic rings. The van der Waals surface area contributed by atoms with Crippen LogP contribution in [0.3, 0.4) is 0 Å². The summed E-state index contributed by atoms with van der Waals surface area (Å²) in [5.41, 5.74) is 5.79. The zero-order valence-electron chi connectivity index (χ0n) is 47.1. The highest BCUT2D eigenvalue weighted by Crippen LogP contribution is 2.41. The molecule has 1 saturated heterocycles. The molecule has 2 heterocycles. The van der Waals surface area contributed by atoms with Crippen LogP contribution in [0.15, 0.2) is 60.8 Å². The maximum atomic E-state index is 15.4. The van der Waals surface area contributed by atoms with E-state index >= 15 is 4.39 Å². The largest absolute Gasteiger partial charge is 0.481 e. The highest BCUT2D eigenvalue weighted by molar-refractivity contribution is 6.01. The number of nitrogens with zero attached hydrogens (tertiary/aromatic N) is 3. The van der Waals surface area contributed by atoms with E-state index in [9.17, 15) is 76.9 Å². The summed E-state index contributed by atoms with van der Waals surface area (Å²) in [6, 6.07) is 6.10. The molecule has 1 aliphatic rings. The molecule has 0 bridgehead atoms. The average Bonchev–Trinajstić information content (AvgIpc) is 2.02. The zero-order chi connectivity index (χ0) is 62.6. The molecule has 84 heavy (non-hydrogen) atoms. The first-order valence-corrected chi connectivity index (χ1v) is 26.9. The maximum absolute atomic E-state index is 15.4. The van der Waals surface area contributed by atoms with E-state index in [0.29, 0.717) is 10.8 Å². The molecule has 0 spiro atoms. The number of hydrogen-bond acceptors (Lipinski definition) is 15. The van der Waals surface area contributed by atoms with Crippen molar-refractivity contribution in [2.24, 2.45) is 17.1 Å². The lowest BCUT2D eigenvalue weighted by Gasteiger charge is -2.41. The van der Waals surface area contributed by atoms with Gasteiger partial charge >= 0.3 is 17.9 Å². The third kappa shape index (κ3) is 20.8. The van der Waals surface area contributed by atoms with Crippen molar-refractivity contribution in [1.82, 2.24) is 41.1 Å². The Hall–Kier alpha value is -8.95. The first-order valence-electron chi connectivity index (χ1n) is 26.9. The third-order valence-electron chi connectivity index (χ3n) is 13.3. The molecule has 0 saturated carbocycles. The minimum atomic E-state index is -1.82. The number of carboxylic acid groups (broad SMARTS) is 2. The molecular weight excluding hydrogens is 1110 g/mol. The Morgan fingerprint density at radius 2 is 1.39 bits per heavy atom. The number of hydroxylamine groups is 2. The second kappa shape index (κ2) is 31.5. The minimum absolute atomic E-state index is 0.0835. The lowest BCUT2D eigenvalue weighted by Crippen LogP contribution is -2.56. The van der Waals surface area contributed by atoms with E-state index in [2.05, 4.69) is 26.6 Å². The Bertz CT molecular complexity index is 2930. The molecule has 456 valence electrons. The van der Waals surface area contributed by atoms with Crippen LogP contribution in [0.25, 0.3) is 11.1 Å². The predicted molar refractivity (Wildman–Crippen MR) is 290 cm³/mol. The van der Waals surface area contributed by atoms with Crippen molar-refractivity contribution in [3.63, 3.8) is 0 Å². The summed E-state index contributed by atoms with van der Waals surface area (Å²) >= 11 is 0. The van der Waals surface area contributed by atoms with Crippen molar-refractivity contribution in [1.29, 1.82) is 0 Å². The standard InChI is InChI=1S/C56H71F2N9O17/c1-31(24-42(69)32(2)61-44(71)12-9-13-50(78)84-67-46(73)17-18-47(67)74)52(79)64-40(27-43(59)70)54(81)63-38(53(80)60-22-20-45(72)62-39(55(82)83)16-19-49(76)77)21-23-66(48(75)30-68)51(56(3,4)5)41-25-34(36-26-35(57)14-15-37(36)58)29-65(41)28-33-10-7-6-8-11-33/h6-8,10-11,14-15,25-26,29,31-32,38-40,51,68H,9,12-13,16-24,27-28,30H2,1-5H3,(H2,59,70)(H,60,80)(H,61,71)(H,62,72)(H,63,81)(H,64,79)(H,76,77)(H,82,83)/t31-,32+,38+,39+,40+,51+/m1/s1. The van der Waals surface area contributed by atoms with Crippen molar-refractivity contribution in [3.8, 4) is 11.1 Å². The number of primary amides is 1. The second-order valence-corrected chi connectivity index (χ2v) is 21.2. The second-order valence-electron chi connectivity index (χ2n) is 21.2. The first-order chi connectivity index (χ1) is 39.5. The van der Waals surface area contributed by atoms with E-state index in [1.54, 1.807) is 55.8 Å². The van der Waals surface area contributed by atoms with Gasteiger partial charge in [0.05, 0.1) is 18.5 Å². The number of amides is 9. The number of Topliss-reactive ketones (excluding diaryl/α,β-unsaturated/α-hetero) is 1. The van der Waals surface area contributed by atoms with Gasteiger partial charge in [0.2, 0.25) is 41.4 Å². The van der Waals surface area contributed by atoms with Gasteiger partial charge in [0.1, 0.15) is 36.4 Å². The molecule has 9 amide bonds. The molecule has 0 unspecified atom stereocenters. The molecule has 0 radical (unpaired) electrons. The van der Waals surface area contributed by atoms with Crippen LogP contribution in [0.2, 0.25) is 0 Å². The fraction of sp³-hybridized carbons (Fsp3) is 0.482. The van der Waals surface area contributed by atoms with Gasteiger partial charge in [0, 0.05) is 93.5 Å². The number of nitrogens with one attached hydrogen (secondary N) is 5. The number of benzene rings is 2. The van der Waals surface area contributed by atoms with Gasteiger partial charge in [-0.1, -0.05) is 58.0 Å². The normalized spacial score (nSPS) is 14.4. The molecule has 1 fully saturated rings. The van der Waals surface area contributed by atoms with Gasteiger partial charge in [-0.3, -0.25) is 52.7 Å². The Morgan fingerprint density at radius 3 is 2.00 bits per heavy atom. The smallest absolute Gasteiger partial charge is 0.333 e. The molecule has 4 rings (SSSR count). The monoisotopic (exact) mass is 1180 g/mol. The zero-order valence-corrected chi connectivity index (χ0v) is 47.1. The number of aromatic nitrogens is 1. The molecule has 26 nitrogen and oxygen atoms in total. The summed E-state index contributed by atoms with van der Waals surface area (Å²) in [6.45, 7) is 5.99. The van der Waals surface area contributed by atoms with Gasteiger partial charge < -0.3 is 61.9 Å². The number of rotatable bonds is 33. The Morgan fingerprint density at radius 1 is 0.750 bits per heavy atom. The summed E-state index contributed by atoms with van der Waals surface area (Å²) in [5, 5.41) is 41.2. The Labute approximate surface area is 481 Å². The molecular formula is C56H71F2N9O17. The third-order valence-corrected chi connectivity index (χ3v) is 13.3. The van der Waals surface area contributed by atoms with E-state index in [0.717, 1.165) is 23.8 Å². The predicted octanol–water partition coefficient (Wildman–Crippen LogP) is 1.44. The van der Waals surface area contributed by atoms with Crippen LogP contribution in [0.1, 0.15) is 123 Å². The number of ketones is 1. The van der Waals surface area contributed by atoms with Crippen molar-refractivity contribution >= 4 is 76.9 Å². The van der Waals surface area contributed by atoms with E-state index in [1.165, 1.54) is 18.7 Å². The number of aliphatic carboxylic acids is 2. The number of aliphatic hydroxyl groups is 1. The SMILES string of the molecule is C[C@H](CC(=O)[C@H](C)NC(=O)CCCC(=O)ON1C(=O)CCC1=O)C(=O)N[C@@H](CC(N)=O)C(=O)N[C@@H](CCN(C(=O)CO)[C@@H](c1cc(-c2cc(F)ccc2F)cn1Cc1ccccc1)C(C)(C)C)C(=O)NCCC(=O)N[C@@H](CCC(=O)O)C(=O)O. The number of carboxylic acids is 2. The molecule has 2 aromatic carbocycles. The summed E-state index contributed by atoms with van der Waals surface area (Å²) < 4.78 is 31.8. The molecule has 28 heteroatoms. The summed E-state index contributed by atoms with van der Waals surface area (Å²) in [7, 11) is 0. The van der Waals surface area contributed by atoms with Crippen molar-refractivity contribution in [2.45, 2.75) is 142 Å². The molecule has 10 N–H and O–H groups in total. The van der Waals surface area contributed by atoms with Crippen molar-refractivity contribution < 1.29 is 91.3 Å². The van der Waals surface area contributed by atoms with Gasteiger partial charge in [-0.15, -0.1) is 5.06 Å². The number of nitrogens with two attached hydrogens (primary N) is 1. The summed E-state index contributed by atoms with van der Waals surface area (Å²) in [6.07, 6.45) is -2.87. The van der Waals surface area contributed by atoms with E-state index in [-0.39, 0.29) is 49.8 Å². The first kappa shape index (κ1) is 67.6. The fourth-order valence-corrected chi connectivity index (χ4v) is 9.01. The Kier molecular flexibility index (Phi) is 25.3. The van der Waals surface area contributed by atoms with Crippen molar-refractivity contribution in [3.05, 3.63) is 83.7 Å².